The van der Waals surface area contributed by atoms with Crippen molar-refractivity contribution in [1.82, 2.24) is 34.6 Å². The van der Waals surface area contributed by atoms with Crippen LogP contribution in [0, 0.1) is 13.8 Å². The second kappa shape index (κ2) is 10.8. The van der Waals surface area contributed by atoms with Crippen LogP contribution in [0.4, 0.5) is 5.82 Å². The normalized spacial score (nSPS) is 21.3. The van der Waals surface area contributed by atoms with Crippen LogP contribution in [-0.2, 0) is 16.1 Å². The quantitative estimate of drug-likeness (QED) is 0.0379. The van der Waals surface area contributed by atoms with Crippen molar-refractivity contribution in [3.8, 4) is 11.3 Å². The molecule has 15 heteroatoms. The first-order valence-corrected chi connectivity index (χ1v) is 16.0. The Kier molecular flexibility index (Phi) is 7.24. The predicted octanol–water partition coefficient (Wildman–Crippen LogP) is -0.268. The van der Waals surface area contributed by atoms with Crippen molar-refractivity contribution in [3.05, 3.63) is 58.5 Å². The van der Waals surface area contributed by atoms with E-state index >= 15 is 0 Å². The van der Waals surface area contributed by atoms with Crippen molar-refractivity contribution in [2.45, 2.75) is 47.2 Å². The van der Waals surface area contributed by atoms with Crippen molar-refractivity contribution in [2.75, 3.05) is 5.32 Å². The molecule has 0 bridgehead atoms. The standard InChI is InChI=1S/C27H24BrIN9O4/c1-13-4-5-21(28)34-24(13)35-25(41)19-7-27(12-33-42)26(29-27)38(19)22(40)11-37-20-10-32-18(16-8-30-15(3)31-9-16)6-17(20)23(36-37)14(2)39/h4-6,8-10,12,19,26,42H,7,11H2,1-3H3,(H,34,35,41)/q-1/b33-12+/t19-,26-,27-/m0/s1. The molecule has 0 aliphatic carbocycles. The summed E-state index contributed by atoms with van der Waals surface area (Å²) in [4.78, 5) is 58.8. The Bertz CT molecular complexity index is 1790. The van der Waals surface area contributed by atoms with Gasteiger partial charge in [-0.2, -0.15) is 0 Å². The molecule has 2 saturated heterocycles. The predicted molar refractivity (Wildman–Crippen MR) is 151 cm³/mol. The molecule has 2 fully saturated rings. The minimum atomic E-state index is -0.797. The van der Waals surface area contributed by atoms with E-state index < -0.39 is 30.7 Å². The number of fused-ring (bicyclic) bond motifs is 2. The fourth-order valence-electron chi connectivity index (χ4n) is 5.07. The number of anilines is 1. The van der Waals surface area contributed by atoms with Gasteiger partial charge in [-0.25, -0.2) is 0 Å². The number of aryl methyl sites for hydroxylation is 2. The number of aromatic nitrogens is 6. The number of carbonyl (C=O) groups excluding carboxylic acids is 3. The van der Waals surface area contributed by atoms with E-state index in [1.165, 1.54) is 17.8 Å². The monoisotopic (exact) mass is 744 g/mol. The van der Waals surface area contributed by atoms with Crippen LogP contribution in [0.15, 0.2) is 46.5 Å². The van der Waals surface area contributed by atoms with E-state index in [1.807, 2.05) is 13.0 Å². The van der Waals surface area contributed by atoms with Crippen LogP contribution < -0.4 is 26.5 Å². The van der Waals surface area contributed by atoms with Crippen LogP contribution in [0.3, 0.4) is 0 Å². The van der Waals surface area contributed by atoms with Gasteiger partial charge in [0, 0.05) is 0 Å². The number of alkyl halides is 2. The second-order valence-corrected chi connectivity index (χ2v) is 14.7. The average Bonchev–Trinajstić information content (AvgIpc) is 3.36. The third-order valence-corrected chi connectivity index (χ3v) is 11.8. The van der Waals surface area contributed by atoms with Gasteiger partial charge in [-0.3, -0.25) is 0 Å². The number of Topliss-reactive ketones (excluding diaryl/α,β-unsaturated/α-hetero) is 1. The molecule has 3 atom stereocenters. The van der Waals surface area contributed by atoms with Gasteiger partial charge in [0.15, 0.2) is 0 Å². The van der Waals surface area contributed by atoms with Crippen LogP contribution in [0.5, 0.6) is 0 Å². The van der Waals surface area contributed by atoms with Crippen molar-refractivity contribution in [2.24, 2.45) is 5.16 Å². The summed E-state index contributed by atoms with van der Waals surface area (Å²) in [6, 6.07) is 4.55. The van der Waals surface area contributed by atoms with E-state index in [9.17, 15) is 19.6 Å². The topological polar surface area (TPSA) is 168 Å². The van der Waals surface area contributed by atoms with Crippen LogP contribution >= 0.6 is 15.9 Å². The third-order valence-electron chi connectivity index (χ3n) is 7.24. The Morgan fingerprint density at radius 1 is 1.21 bits per heavy atom. The number of carbonyl (C=O) groups is 3. The molecule has 6 rings (SSSR count). The number of rotatable bonds is 7. The van der Waals surface area contributed by atoms with Crippen LogP contribution in [0.1, 0.15) is 35.2 Å². The van der Waals surface area contributed by atoms with Gasteiger partial charge in [0.25, 0.3) is 0 Å². The van der Waals surface area contributed by atoms with Crippen LogP contribution in [0.2, 0.25) is 0 Å². The number of likely N-dealkylation sites (tertiary alicyclic amines) is 1. The van der Waals surface area contributed by atoms with Crippen LogP contribution in [-0.4, -0.2) is 77.1 Å². The molecule has 6 heterocycles. The fraction of sp³-hybridized carbons (Fsp3) is 0.296. The Labute approximate surface area is 258 Å². The molecule has 13 nitrogen and oxygen atoms in total. The van der Waals surface area contributed by atoms with E-state index in [0.717, 1.165) is 5.56 Å². The summed E-state index contributed by atoms with van der Waals surface area (Å²) in [6.45, 7) is 4.82. The van der Waals surface area contributed by atoms with Crippen molar-refractivity contribution >= 4 is 56.5 Å². The van der Waals surface area contributed by atoms with Crippen molar-refractivity contribution in [3.63, 3.8) is 0 Å². The van der Waals surface area contributed by atoms with Gasteiger partial charge in [-0.1, -0.05) is 0 Å². The maximum atomic E-state index is 13.9. The Morgan fingerprint density at radius 2 is 1.98 bits per heavy atom. The molecule has 0 unspecified atom stereocenters. The summed E-state index contributed by atoms with van der Waals surface area (Å²) >= 11 is 2.77. The molecular weight excluding hydrogens is 721 g/mol. The number of pyridine rings is 2. The molecule has 0 radical (unpaired) electrons. The number of amides is 2. The van der Waals surface area contributed by atoms with Gasteiger partial charge in [0.2, 0.25) is 0 Å². The van der Waals surface area contributed by atoms with Crippen LogP contribution in [0.25, 0.3) is 22.2 Å². The molecule has 0 aromatic carbocycles. The Morgan fingerprint density at radius 3 is 2.69 bits per heavy atom. The molecule has 2 amide bonds. The van der Waals surface area contributed by atoms with E-state index in [4.69, 9.17) is 0 Å². The van der Waals surface area contributed by atoms with E-state index in [-0.39, 0.29) is 33.9 Å². The zero-order valence-corrected chi connectivity index (χ0v) is 26.4. The fourth-order valence-corrected chi connectivity index (χ4v) is 8.97. The number of oxime groups is 1. The first kappa shape index (κ1) is 28.3. The molecule has 4 aromatic rings. The van der Waals surface area contributed by atoms with Gasteiger partial charge >= 0.3 is 247 Å². The number of hydrogen-bond donors (Lipinski definition) is 2. The summed E-state index contributed by atoms with van der Waals surface area (Å²) in [5, 5.41) is 20.4. The minimum absolute atomic E-state index is 0.201. The number of hydrogen-bond acceptors (Lipinski definition) is 10. The molecule has 0 spiro atoms. The summed E-state index contributed by atoms with van der Waals surface area (Å²) in [5.41, 5.74) is 2.74. The molecule has 4 aromatic heterocycles. The number of halogens is 2. The van der Waals surface area contributed by atoms with Gasteiger partial charge < -0.3 is 0 Å². The third kappa shape index (κ3) is 5.04. The van der Waals surface area contributed by atoms with E-state index in [0.29, 0.717) is 44.8 Å². The van der Waals surface area contributed by atoms with Crippen molar-refractivity contribution < 1.29 is 40.8 Å². The molecular formula is C27H24BrIN9O4-. The van der Waals surface area contributed by atoms with Crippen molar-refractivity contribution in [1.29, 1.82) is 0 Å². The first-order valence-electron chi connectivity index (χ1n) is 12.8. The van der Waals surface area contributed by atoms with Gasteiger partial charge in [-0.15, -0.1) is 0 Å². The Hall–Kier alpha value is -3.86. The maximum absolute atomic E-state index is 13.9. The molecule has 42 heavy (non-hydrogen) atoms. The number of ketones is 1. The van der Waals surface area contributed by atoms with Gasteiger partial charge in [0.1, 0.15) is 5.82 Å². The Balaban J connectivity index is 1.31. The molecule has 2 aliphatic heterocycles. The molecule has 216 valence electrons. The summed E-state index contributed by atoms with van der Waals surface area (Å²) in [6.07, 6.45) is 6.69. The van der Waals surface area contributed by atoms with E-state index in [1.54, 1.807) is 42.5 Å². The zero-order chi connectivity index (χ0) is 29.8. The SMILES string of the molecule is CC(=O)c1nn(CC(=O)N2[C@H](C(=O)Nc3nc(Br)ccc3C)C[C@@]3(/C=N/O)[I-][C@@H]23)c2cnc(-c3cnc(C)nc3)cc12. The van der Waals surface area contributed by atoms with Gasteiger partial charge in [-0.05, 0) is 6.92 Å². The molecule has 0 saturated carbocycles. The summed E-state index contributed by atoms with van der Waals surface area (Å²) in [5.74, 6) is 0.0530. The summed E-state index contributed by atoms with van der Waals surface area (Å²) < 4.78 is 1.34. The first-order chi connectivity index (χ1) is 20.1. The van der Waals surface area contributed by atoms with Gasteiger partial charge in [0.05, 0.1) is 0 Å². The zero-order valence-electron chi connectivity index (χ0n) is 22.6. The summed E-state index contributed by atoms with van der Waals surface area (Å²) in [7, 11) is 0. The second-order valence-electron chi connectivity index (χ2n) is 10.1. The molecule has 2 aliphatic rings. The van der Waals surface area contributed by atoms with E-state index in [2.05, 4.69) is 51.4 Å². The number of nitrogens with one attached hydrogen (secondary N) is 1. The number of nitrogens with zero attached hydrogens (tertiary/aromatic N) is 8. The molecule has 2 N–H and O–H groups in total. The average molecular weight is 745 g/mol.